The number of nitrogens with zero attached hydrogens (tertiary/aromatic N) is 2. The summed E-state index contributed by atoms with van der Waals surface area (Å²) in [6.45, 7) is 3.51. The molecule has 1 amide bonds. The highest BCUT2D eigenvalue weighted by Gasteiger charge is 2.16. The number of benzene rings is 1. The lowest BCUT2D eigenvalue weighted by atomic mass is 10.1. The predicted molar refractivity (Wildman–Crippen MR) is 75.0 cm³/mol. The van der Waals surface area contributed by atoms with Crippen molar-refractivity contribution in [1.29, 1.82) is 0 Å². The molecule has 100 valence electrons. The number of amides is 1. The summed E-state index contributed by atoms with van der Waals surface area (Å²) in [4.78, 5) is 13.0. The molecule has 2 aromatic rings. The van der Waals surface area contributed by atoms with Gasteiger partial charge in [-0.25, -0.2) is 0 Å². The van der Waals surface area contributed by atoms with Crippen LogP contribution in [0.25, 0.3) is 0 Å². The number of thioether (sulfide) groups is 1. The van der Waals surface area contributed by atoms with Gasteiger partial charge in [0.15, 0.2) is 0 Å². The van der Waals surface area contributed by atoms with Gasteiger partial charge >= 0.3 is 6.01 Å². The molecule has 0 fully saturated rings. The normalized spacial score (nSPS) is 10.5. The first-order valence-corrected chi connectivity index (χ1v) is 7.07. The molecule has 0 aliphatic carbocycles. The second kappa shape index (κ2) is 5.63. The van der Waals surface area contributed by atoms with Crippen LogP contribution in [0.1, 0.15) is 21.8 Å². The van der Waals surface area contributed by atoms with Crippen molar-refractivity contribution in [3.05, 3.63) is 34.2 Å². The SMILES string of the molecule is CSc1c(Cl)ccc(C(=O)Nc2nnc(C)o2)c1C. The summed E-state index contributed by atoms with van der Waals surface area (Å²) >= 11 is 7.58. The molecule has 0 saturated heterocycles. The summed E-state index contributed by atoms with van der Waals surface area (Å²) in [5.74, 6) is 0.0982. The molecule has 1 N–H and O–H groups in total. The van der Waals surface area contributed by atoms with Gasteiger partial charge in [-0.2, -0.15) is 0 Å². The first kappa shape index (κ1) is 13.9. The van der Waals surface area contributed by atoms with E-state index in [1.54, 1.807) is 19.1 Å². The minimum Gasteiger partial charge on any atom is -0.408 e. The number of halogens is 1. The topological polar surface area (TPSA) is 68.0 Å². The molecule has 0 spiro atoms. The summed E-state index contributed by atoms with van der Waals surface area (Å²) in [5, 5.41) is 10.6. The van der Waals surface area contributed by atoms with Crippen LogP contribution in [0, 0.1) is 13.8 Å². The third-order valence-electron chi connectivity index (χ3n) is 2.55. The van der Waals surface area contributed by atoms with Crippen LogP contribution in [0.5, 0.6) is 0 Å². The molecule has 1 aromatic heterocycles. The van der Waals surface area contributed by atoms with Gasteiger partial charge in [-0.05, 0) is 30.9 Å². The number of rotatable bonds is 3. The standard InChI is InChI=1S/C12H12ClN3O2S/c1-6-8(4-5-9(13)10(6)19-3)11(17)14-12-16-15-7(2)18-12/h4-5H,1-3H3,(H,14,16,17). The molecular formula is C12H12ClN3O2S. The van der Waals surface area contributed by atoms with Crippen molar-refractivity contribution in [2.45, 2.75) is 18.7 Å². The van der Waals surface area contributed by atoms with E-state index in [-0.39, 0.29) is 11.9 Å². The summed E-state index contributed by atoms with van der Waals surface area (Å²) in [6.07, 6.45) is 1.91. The van der Waals surface area contributed by atoms with E-state index in [1.807, 2.05) is 13.2 Å². The molecule has 0 aliphatic rings. The predicted octanol–water partition coefficient (Wildman–Crippen LogP) is 3.31. The average molecular weight is 298 g/mol. The van der Waals surface area contributed by atoms with Crippen molar-refractivity contribution in [3.63, 3.8) is 0 Å². The average Bonchev–Trinajstić information content (AvgIpc) is 2.75. The quantitative estimate of drug-likeness (QED) is 0.880. The first-order chi connectivity index (χ1) is 9.02. The Labute approximate surface area is 119 Å². The van der Waals surface area contributed by atoms with E-state index in [0.29, 0.717) is 16.5 Å². The van der Waals surface area contributed by atoms with Crippen molar-refractivity contribution in [2.75, 3.05) is 11.6 Å². The molecule has 1 aromatic carbocycles. The van der Waals surface area contributed by atoms with E-state index in [9.17, 15) is 4.79 Å². The molecule has 1 heterocycles. The molecule has 0 atom stereocenters. The Balaban J connectivity index is 2.29. The minimum absolute atomic E-state index is 0.0857. The second-order valence-corrected chi connectivity index (χ2v) is 5.06. The summed E-state index contributed by atoms with van der Waals surface area (Å²) in [6, 6.07) is 3.46. The van der Waals surface area contributed by atoms with Crippen molar-refractivity contribution in [2.24, 2.45) is 0 Å². The number of carbonyl (C=O) groups is 1. The molecule has 19 heavy (non-hydrogen) atoms. The highest BCUT2D eigenvalue weighted by Crippen LogP contribution is 2.31. The van der Waals surface area contributed by atoms with E-state index >= 15 is 0 Å². The Kier molecular flexibility index (Phi) is 4.11. The lowest BCUT2D eigenvalue weighted by molar-refractivity contribution is 0.102. The third kappa shape index (κ3) is 2.90. The van der Waals surface area contributed by atoms with Gasteiger partial charge in [-0.1, -0.05) is 16.7 Å². The van der Waals surface area contributed by atoms with Crippen LogP contribution < -0.4 is 5.32 Å². The van der Waals surface area contributed by atoms with Gasteiger partial charge in [0, 0.05) is 17.4 Å². The highest BCUT2D eigenvalue weighted by molar-refractivity contribution is 7.98. The molecule has 0 bridgehead atoms. The summed E-state index contributed by atoms with van der Waals surface area (Å²) in [5.41, 5.74) is 1.36. The maximum Gasteiger partial charge on any atom is 0.322 e. The largest absolute Gasteiger partial charge is 0.408 e. The Morgan fingerprint density at radius 2 is 2.11 bits per heavy atom. The number of anilines is 1. The van der Waals surface area contributed by atoms with Crippen molar-refractivity contribution in [3.8, 4) is 0 Å². The van der Waals surface area contributed by atoms with Crippen molar-refractivity contribution in [1.82, 2.24) is 10.2 Å². The molecule has 0 aliphatic heterocycles. The number of hydrogen-bond donors (Lipinski definition) is 1. The van der Waals surface area contributed by atoms with Gasteiger partial charge in [-0.3, -0.25) is 10.1 Å². The third-order valence-corrected chi connectivity index (χ3v) is 3.91. The Bertz CT molecular complexity index is 627. The number of aryl methyl sites for hydroxylation is 1. The van der Waals surface area contributed by atoms with Crippen molar-refractivity contribution < 1.29 is 9.21 Å². The monoisotopic (exact) mass is 297 g/mol. The summed E-state index contributed by atoms with van der Waals surface area (Å²) < 4.78 is 5.11. The summed E-state index contributed by atoms with van der Waals surface area (Å²) in [7, 11) is 0. The van der Waals surface area contributed by atoms with Crippen molar-refractivity contribution >= 4 is 35.3 Å². The zero-order valence-electron chi connectivity index (χ0n) is 10.7. The number of carbonyl (C=O) groups excluding carboxylic acids is 1. The first-order valence-electron chi connectivity index (χ1n) is 5.47. The lowest BCUT2D eigenvalue weighted by Gasteiger charge is -2.10. The van der Waals surface area contributed by atoms with Crippen LogP contribution in [0.3, 0.4) is 0 Å². The zero-order valence-corrected chi connectivity index (χ0v) is 12.2. The fourth-order valence-corrected chi connectivity index (χ4v) is 2.78. The smallest absolute Gasteiger partial charge is 0.322 e. The van der Waals surface area contributed by atoms with E-state index in [4.69, 9.17) is 16.0 Å². The lowest BCUT2D eigenvalue weighted by Crippen LogP contribution is -2.14. The maximum atomic E-state index is 12.1. The number of nitrogens with one attached hydrogen (secondary N) is 1. The Morgan fingerprint density at radius 1 is 1.37 bits per heavy atom. The number of aromatic nitrogens is 2. The van der Waals surface area contributed by atoms with E-state index < -0.39 is 0 Å². The van der Waals surface area contributed by atoms with Crippen LogP contribution >= 0.6 is 23.4 Å². The highest BCUT2D eigenvalue weighted by atomic mass is 35.5. The van der Waals surface area contributed by atoms with Crippen LogP contribution in [0.4, 0.5) is 6.01 Å². The second-order valence-electron chi connectivity index (χ2n) is 3.83. The van der Waals surface area contributed by atoms with Crippen LogP contribution in [0.15, 0.2) is 21.4 Å². The van der Waals surface area contributed by atoms with E-state index in [2.05, 4.69) is 15.5 Å². The molecule has 0 radical (unpaired) electrons. The molecule has 0 unspecified atom stereocenters. The van der Waals surface area contributed by atoms with Crippen LogP contribution in [-0.2, 0) is 0 Å². The molecule has 0 saturated carbocycles. The molecule has 2 rings (SSSR count). The maximum absolute atomic E-state index is 12.1. The van der Waals surface area contributed by atoms with Gasteiger partial charge in [0.25, 0.3) is 5.91 Å². The van der Waals surface area contributed by atoms with E-state index in [0.717, 1.165) is 10.5 Å². The van der Waals surface area contributed by atoms with Gasteiger partial charge in [0.2, 0.25) is 5.89 Å². The minimum atomic E-state index is -0.298. The van der Waals surface area contributed by atoms with Gasteiger partial charge in [0.05, 0.1) is 5.02 Å². The van der Waals surface area contributed by atoms with E-state index in [1.165, 1.54) is 11.8 Å². The Hall–Kier alpha value is -1.53. The molecule has 5 nitrogen and oxygen atoms in total. The van der Waals surface area contributed by atoms with Gasteiger partial charge in [-0.15, -0.1) is 16.9 Å². The zero-order chi connectivity index (χ0) is 14.0. The van der Waals surface area contributed by atoms with Crippen LogP contribution in [-0.4, -0.2) is 22.4 Å². The van der Waals surface area contributed by atoms with Gasteiger partial charge in [0.1, 0.15) is 0 Å². The molecule has 7 heteroatoms. The fraction of sp³-hybridized carbons (Fsp3) is 0.250. The molecular weight excluding hydrogens is 286 g/mol. The fourth-order valence-electron chi connectivity index (χ4n) is 1.67. The number of hydrogen-bond acceptors (Lipinski definition) is 5. The van der Waals surface area contributed by atoms with Gasteiger partial charge < -0.3 is 4.42 Å². The van der Waals surface area contributed by atoms with Crippen LogP contribution in [0.2, 0.25) is 5.02 Å². The Morgan fingerprint density at radius 3 is 2.68 bits per heavy atom.